The summed E-state index contributed by atoms with van der Waals surface area (Å²) in [7, 11) is -1.76. The molecule has 1 fully saturated rings. The second-order valence-corrected chi connectivity index (χ2v) is 14.8. The first-order valence-corrected chi connectivity index (χ1v) is 13.5. The molecule has 1 aliphatic carbocycles. The molecule has 1 aromatic carbocycles. The van der Waals surface area contributed by atoms with Crippen LogP contribution in [-0.4, -0.2) is 50.8 Å². The fraction of sp³-hybridized carbons (Fsp3) is 0.542. The number of hydrogen-bond acceptors (Lipinski definition) is 4. The van der Waals surface area contributed by atoms with E-state index in [2.05, 4.69) is 68.1 Å². The van der Waals surface area contributed by atoms with Crippen LogP contribution in [-0.2, 0) is 14.6 Å². The van der Waals surface area contributed by atoms with Crippen molar-refractivity contribution in [2.24, 2.45) is 0 Å². The highest BCUT2D eigenvalue weighted by atomic mass is 28.4. The Labute approximate surface area is 175 Å². The molecule has 1 N–H and O–H groups in total. The van der Waals surface area contributed by atoms with E-state index in [0.717, 1.165) is 24.2 Å². The van der Waals surface area contributed by atoms with Crippen molar-refractivity contribution in [3.05, 3.63) is 42.0 Å². The van der Waals surface area contributed by atoms with Crippen molar-refractivity contribution < 1.29 is 9.22 Å². The molecule has 4 rings (SSSR count). The number of para-hydroxylation sites is 1. The molecule has 4 nitrogen and oxygen atoms in total. The van der Waals surface area contributed by atoms with Crippen molar-refractivity contribution in [2.45, 2.75) is 62.8 Å². The Hall–Kier alpha value is -1.87. The second kappa shape index (κ2) is 7.12. The van der Waals surface area contributed by atoms with Gasteiger partial charge in [0.25, 0.3) is 0 Å². The molecule has 5 heteroatoms. The molecule has 0 aromatic heterocycles. The minimum atomic E-state index is -1.76. The van der Waals surface area contributed by atoms with E-state index in [1.807, 2.05) is 18.2 Å². The SMILES string of the molecule is CC(C)(C)[Si](C)(C)OCC#CCN1CC[C@]23C(=O)C=C[C@H](Nc4ccccc42)[C@@H]13. The predicted molar refractivity (Wildman–Crippen MR) is 121 cm³/mol. The summed E-state index contributed by atoms with van der Waals surface area (Å²) in [5.41, 5.74) is 1.81. The number of allylic oxidation sites excluding steroid dienone is 1. The van der Waals surface area contributed by atoms with E-state index < -0.39 is 13.7 Å². The van der Waals surface area contributed by atoms with Crippen LogP contribution in [0.25, 0.3) is 0 Å². The number of nitrogens with zero attached hydrogens (tertiary/aromatic N) is 1. The lowest BCUT2D eigenvalue weighted by molar-refractivity contribution is -0.121. The van der Waals surface area contributed by atoms with Crippen LogP contribution in [0.2, 0.25) is 18.1 Å². The van der Waals surface area contributed by atoms with Gasteiger partial charge in [0, 0.05) is 12.2 Å². The average molecular weight is 409 g/mol. The van der Waals surface area contributed by atoms with E-state index in [0.29, 0.717) is 13.2 Å². The van der Waals surface area contributed by atoms with Gasteiger partial charge in [0.2, 0.25) is 0 Å². The van der Waals surface area contributed by atoms with Crippen LogP contribution in [0.3, 0.4) is 0 Å². The topological polar surface area (TPSA) is 41.6 Å². The summed E-state index contributed by atoms with van der Waals surface area (Å²) in [5.74, 6) is 6.79. The molecule has 1 aromatic rings. The highest BCUT2D eigenvalue weighted by Crippen LogP contribution is 2.50. The maximum Gasteiger partial charge on any atom is 0.193 e. The standard InChI is InChI=1S/C24H32N2O2Si/c1-23(2,3)29(4,5)28-17-9-8-15-26-16-14-24-18-10-6-7-11-19(18)25-20(22(24)26)12-13-21(24)27/h6-7,10-13,20,22,25H,14-17H2,1-5H3/t20-,22+,24+/m0/s1. The number of carbonyl (C=O) groups is 1. The van der Waals surface area contributed by atoms with Crippen LogP contribution in [0.1, 0.15) is 32.8 Å². The molecule has 0 spiro atoms. The highest BCUT2D eigenvalue weighted by Gasteiger charge is 2.59. The average Bonchev–Trinajstić information content (AvgIpc) is 3.06. The number of rotatable bonds is 3. The lowest BCUT2D eigenvalue weighted by atomic mass is 9.63. The third-order valence-electron chi connectivity index (χ3n) is 7.37. The first-order chi connectivity index (χ1) is 13.7. The number of nitrogens with one attached hydrogen (secondary N) is 1. The first kappa shape index (κ1) is 20.4. The van der Waals surface area contributed by atoms with E-state index in [9.17, 15) is 4.79 Å². The van der Waals surface area contributed by atoms with E-state index >= 15 is 0 Å². The lowest BCUT2D eigenvalue weighted by Gasteiger charge is -2.48. The highest BCUT2D eigenvalue weighted by molar-refractivity contribution is 6.74. The summed E-state index contributed by atoms with van der Waals surface area (Å²) in [6, 6.07) is 8.56. The summed E-state index contributed by atoms with van der Waals surface area (Å²) >= 11 is 0. The number of hydrogen-bond donors (Lipinski definition) is 1. The molecular formula is C24H32N2O2Si. The monoisotopic (exact) mass is 408 g/mol. The van der Waals surface area contributed by atoms with Gasteiger partial charge in [0.1, 0.15) is 0 Å². The second-order valence-electron chi connectivity index (χ2n) is 9.98. The number of carbonyl (C=O) groups excluding carboxylic acids is 1. The number of ketones is 1. The Morgan fingerprint density at radius 1 is 1.28 bits per heavy atom. The molecule has 29 heavy (non-hydrogen) atoms. The molecule has 0 saturated carbocycles. The molecule has 0 unspecified atom stereocenters. The molecule has 0 amide bonds. The maximum absolute atomic E-state index is 13.1. The zero-order valence-corrected chi connectivity index (χ0v) is 19.2. The lowest BCUT2D eigenvalue weighted by Crippen LogP contribution is -2.60. The number of likely N-dealkylation sites (tertiary alicyclic amines) is 1. The normalized spacial score (nSPS) is 28.2. The summed E-state index contributed by atoms with van der Waals surface area (Å²) in [5, 5.41) is 3.83. The Kier molecular flexibility index (Phi) is 5.01. The first-order valence-electron chi connectivity index (χ1n) is 10.6. The molecule has 2 heterocycles. The van der Waals surface area contributed by atoms with Crippen molar-refractivity contribution in [3.63, 3.8) is 0 Å². The van der Waals surface area contributed by atoms with Gasteiger partial charge in [-0.2, -0.15) is 0 Å². The van der Waals surface area contributed by atoms with Crippen LogP contribution in [0.5, 0.6) is 0 Å². The zero-order valence-electron chi connectivity index (χ0n) is 18.2. The van der Waals surface area contributed by atoms with E-state index in [1.54, 1.807) is 6.08 Å². The fourth-order valence-corrected chi connectivity index (χ4v) is 5.58. The molecular weight excluding hydrogens is 376 g/mol. The zero-order chi connectivity index (χ0) is 20.9. The summed E-state index contributed by atoms with van der Waals surface area (Å²) in [4.78, 5) is 15.5. The minimum Gasteiger partial charge on any atom is -0.406 e. The third kappa shape index (κ3) is 3.28. The number of anilines is 1. The van der Waals surface area contributed by atoms with Gasteiger partial charge in [-0.05, 0) is 42.3 Å². The number of benzene rings is 1. The van der Waals surface area contributed by atoms with Gasteiger partial charge in [-0.25, -0.2) is 0 Å². The van der Waals surface area contributed by atoms with Crippen LogP contribution in [0.4, 0.5) is 5.69 Å². The van der Waals surface area contributed by atoms with E-state index in [1.165, 1.54) is 0 Å². The molecule has 0 radical (unpaired) electrons. The summed E-state index contributed by atoms with van der Waals surface area (Å²) in [6.45, 7) is 13.3. The van der Waals surface area contributed by atoms with E-state index in [-0.39, 0.29) is 22.9 Å². The molecule has 1 saturated heterocycles. The molecule has 2 aliphatic heterocycles. The largest absolute Gasteiger partial charge is 0.406 e. The van der Waals surface area contributed by atoms with Crippen molar-refractivity contribution in [1.82, 2.24) is 4.90 Å². The fourth-order valence-electron chi connectivity index (χ4n) is 4.72. The molecule has 3 atom stereocenters. The van der Waals surface area contributed by atoms with Gasteiger partial charge in [-0.15, -0.1) is 0 Å². The van der Waals surface area contributed by atoms with Gasteiger partial charge >= 0.3 is 0 Å². The van der Waals surface area contributed by atoms with Gasteiger partial charge < -0.3 is 9.74 Å². The Bertz CT molecular complexity index is 905. The van der Waals surface area contributed by atoms with Crippen LogP contribution >= 0.6 is 0 Å². The number of fused-ring (bicyclic) bond motifs is 1. The van der Waals surface area contributed by atoms with Crippen LogP contribution in [0.15, 0.2) is 36.4 Å². The van der Waals surface area contributed by atoms with Gasteiger partial charge in [0.05, 0.1) is 30.7 Å². The summed E-state index contributed by atoms with van der Waals surface area (Å²) < 4.78 is 6.17. The van der Waals surface area contributed by atoms with Crippen molar-refractivity contribution in [2.75, 3.05) is 25.0 Å². The van der Waals surface area contributed by atoms with Gasteiger partial charge in [-0.1, -0.05) is 56.9 Å². The van der Waals surface area contributed by atoms with Gasteiger partial charge in [-0.3, -0.25) is 9.69 Å². The van der Waals surface area contributed by atoms with Crippen molar-refractivity contribution in [1.29, 1.82) is 0 Å². The molecule has 3 aliphatic rings. The van der Waals surface area contributed by atoms with Gasteiger partial charge in [0.15, 0.2) is 14.1 Å². The Balaban J connectivity index is 1.50. The van der Waals surface area contributed by atoms with Crippen LogP contribution in [0, 0.1) is 11.8 Å². The predicted octanol–water partition coefficient (Wildman–Crippen LogP) is 3.96. The third-order valence-corrected chi connectivity index (χ3v) is 11.9. The van der Waals surface area contributed by atoms with Crippen LogP contribution < -0.4 is 5.32 Å². The Morgan fingerprint density at radius 2 is 2.03 bits per heavy atom. The molecule has 154 valence electrons. The van der Waals surface area contributed by atoms with E-state index in [4.69, 9.17) is 4.43 Å². The van der Waals surface area contributed by atoms with Crippen molar-refractivity contribution >= 4 is 19.8 Å². The summed E-state index contributed by atoms with van der Waals surface area (Å²) in [6.07, 6.45) is 4.68. The van der Waals surface area contributed by atoms with Crippen molar-refractivity contribution in [3.8, 4) is 11.8 Å². The quantitative estimate of drug-likeness (QED) is 0.607. The Morgan fingerprint density at radius 3 is 2.79 bits per heavy atom. The minimum absolute atomic E-state index is 0.130. The maximum atomic E-state index is 13.1. The molecule has 2 bridgehead atoms. The smallest absolute Gasteiger partial charge is 0.193 e.